The summed E-state index contributed by atoms with van der Waals surface area (Å²) in [4.78, 5) is 29.1. The van der Waals surface area contributed by atoms with Crippen molar-refractivity contribution in [3.8, 4) is 0 Å². The van der Waals surface area contributed by atoms with Gasteiger partial charge in [0.15, 0.2) is 0 Å². The SMILES string of the molecule is CNC(=O)[C@@H](Cc1ccccc1)N(Cc1ccc(C)cc1)C(=O)CN(c1ccc(C)cc1)S(=O)(=O)c1ccccc1. The average molecular weight is 570 g/mol. The fourth-order valence-corrected chi connectivity index (χ4v) is 6.01. The molecule has 4 aromatic carbocycles. The molecule has 0 saturated heterocycles. The van der Waals surface area contributed by atoms with Gasteiger partial charge in [-0.05, 0) is 49.2 Å². The van der Waals surface area contributed by atoms with Crippen LogP contribution < -0.4 is 9.62 Å². The molecule has 0 fully saturated rings. The number of anilines is 1. The molecular formula is C33H35N3O4S. The third-order valence-electron chi connectivity index (χ3n) is 6.92. The lowest BCUT2D eigenvalue weighted by Gasteiger charge is -2.33. The second kappa shape index (κ2) is 13.3. The normalized spacial score (nSPS) is 11.9. The second-order valence-electron chi connectivity index (χ2n) is 9.99. The number of benzene rings is 4. The highest BCUT2D eigenvalue weighted by Crippen LogP contribution is 2.25. The summed E-state index contributed by atoms with van der Waals surface area (Å²) in [5.41, 5.74) is 4.11. The average Bonchev–Trinajstić information content (AvgIpc) is 2.99. The van der Waals surface area contributed by atoms with Crippen LogP contribution in [0.1, 0.15) is 22.3 Å². The molecule has 0 aliphatic heterocycles. The van der Waals surface area contributed by atoms with Crippen LogP contribution in [0.15, 0.2) is 114 Å². The molecule has 8 heteroatoms. The zero-order valence-corrected chi connectivity index (χ0v) is 24.3. The number of rotatable bonds is 11. The van der Waals surface area contributed by atoms with Gasteiger partial charge >= 0.3 is 0 Å². The predicted molar refractivity (Wildman–Crippen MR) is 162 cm³/mol. The molecule has 0 saturated carbocycles. The largest absolute Gasteiger partial charge is 0.357 e. The molecule has 0 spiro atoms. The Balaban J connectivity index is 1.77. The number of carbonyl (C=O) groups excluding carboxylic acids is 2. The zero-order valence-electron chi connectivity index (χ0n) is 23.5. The maximum Gasteiger partial charge on any atom is 0.264 e. The van der Waals surface area contributed by atoms with E-state index in [1.807, 2.05) is 68.4 Å². The van der Waals surface area contributed by atoms with Crippen LogP contribution in [0.2, 0.25) is 0 Å². The summed E-state index contributed by atoms with van der Waals surface area (Å²) in [5, 5.41) is 2.70. The third-order valence-corrected chi connectivity index (χ3v) is 8.71. The summed E-state index contributed by atoms with van der Waals surface area (Å²) in [5.74, 6) is -0.822. The number of amides is 2. The monoisotopic (exact) mass is 569 g/mol. The Morgan fingerprint density at radius 2 is 1.27 bits per heavy atom. The van der Waals surface area contributed by atoms with Gasteiger partial charge in [0.1, 0.15) is 12.6 Å². The van der Waals surface area contributed by atoms with E-state index >= 15 is 0 Å². The van der Waals surface area contributed by atoms with Crippen molar-refractivity contribution in [2.75, 3.05) is 17.9 Å². The number of carbonyl (C=O) groups is 2. The number of sulfonamides is 1. The minimum absolute atomic E-state index is 0.0746. The van der Waals surface area contributed by atoms with E-state index in [0.717, 1.165) is 26.6 Å². The van der Waals surface area contributed by atoms with Gasteiger partial charge in [-0.3, -0.25) is 13.9 Å². The molecule has 7 nitrogen and oxygen atoms in total. The van der Waals surface area contributed by atoms with Crippen LogP contribution in [0.3, 0.4) is 0 Å². The van der Waals surface area contributed by atoms with Gasteiger partial charge in [-0.1, -0.05) is 96.1 Å². The Bertz CT molecular complexity index is 1560. The van der Waals surface area contributed by atoms with Crippen molar-refractivity contribution in [2.45, 2.75) is 37.8 Å². The lowest BCUT2D eigenvalue weighted by atomic mass is 10.0. The van der Waals surface area contributed by atoms with Crippen LogP contribution in [-0.4, -0.2) is 44.8 Å². The van der Waals surface area contributed by atoms with Gasteiger partial charge in [0.2, 0.25) is 11.8 Å². The number of likely N-dealkylation sites (N-methyl/N-ethyl adjacent to an activating group) is 1. The van der Waals surface area contributed by atoms with E-state index in [0.29, 0.717) is 5.69 Å². The van der Waals surface area contributed by atoms with Crippen LogP contribution >= 0.6 is 0 Å². The van der Waals surface area contributed by atoms with Gasteiger partial charge in [-0.15, -0.1) is 0 Å². The molecule has 0 unspecified atom stereocenters. The Morgan fingerprint density at radius 3 is 1.83 bits per heavy atom. The molecule has 0 bridgehead atoms. The van der Waals surface area contributed by atoms with Gasteiger partial charge in [-0.25, -0.2) is 8.42 Å². The first-order chi connectivity index (χ1) is 19.7. The molecule has 0 aromatic heterocycles. The van der Waals surface area contributed by atoms with Crippen LogP contribution in [0.25, 0.3) is 0 Å². The highest BCUT2D eigenvalue weighted by molar-refractivity contribution is 7.92. The molecule has 1 N–H and O–H groups in total. The molecule has 212 valence electrons. The molecule has 4 aromatic rings. The Hall–Kier alpha value is -4.43. The first-order valence-corrected chi connectivity index (χ1v) is 14.9. The van der Waals surface area contributed by atoms with E-state index in [1.54, 1.807) is 42.5 Å². The van der Waals surface area contributed by atoms with Crippen molar-refractivity contribution in [1.29, 1.82) is 0 Å². The van der Waals surface area contributed by atoms with E-state index < -0.39 is 28.5 Å². The summed E-state index contributed by atoms with van der Waals surface area (Å²) >= 11 is 0. The van der Waals surface area contributed by atoms with Crippen molar-refractivity contribution in [1.82, 2.24) is 10.2 Å². The van der Waals surface area contributed by atoms with Crippen molar-refractivity contribution >= 4 is 27.5 Å². The molecule has 4 rings (SSSR count). The predicted octanol–water partition coefficient (Wildman–Crippen LogP) is 4.88. The molecule has 2 amide bonds. The quantitative estimate of drug-likeness (QED) is 0.279. The van der Waals surface area contributed by atoms with Crippen molar-refractivity contribution < 1.29 is 18.0 Å². The number of hydrogen-bond donors (Lipinski definition) is 1. The first kappa shape index (κ1) is 29.6. The van der Waals surface area contributed by atoms with Gasteiger partial charge in [0.25, 0.3) is 10.0 Å². The second-order valence-corrected chi connectivity index (χ2v) is 11.8. The topological polar surface area (TPSA) is 86.8 Å². The highest BCUT2D eigenvalue weighted by Gasteiger charge is 2.34. The molecule has 0 radical (unpaired) electrons. The van der Waals surface area contributed by atoms with Crippen molar-refractivity contribution in [3.63, 3.8) is 0 Å². The molecule has 0 aliphatic carbocycles. The van der Waals surface area contributed by atoms with Crippen LogP contribution in [-0.2, 0) is 32.6 Å². The lowest BCUT2D eigenvalue weighted by molar-refractivity contribution is -0.139. The fourth-order valence-electron chi connectivity index (χ4n) is 4.57. The summed E-state index contributed by atoms with van der Waals surface area (Å²) < 4.78 is 28.9. The minimum atomic E-state index is -4.10. The van der Waals surface area contributed by atoms with Crippen molar-refractivity contribution in [2.24, 2.45) is 0 Å². The lowest BCUT2D eigenvalue weighted by Crippen LogP contribution is -2.53. The highest BCUT2D eigenvalue weighted by atomic mass is 32.2. The molecular weight excluding hydrogens is 534 g/mol. The smallest absolute Gasteiger partial charge is 0.264 e. The summed E-state index contributed by atoms with van der Waals surface area (Å²) in [6.07, 6.45) is 0.272. The standard InChI is InChI=1S/C33H35N3O4S/c1-25-14-18-28(19-15-25)23-35(31(33(38)34-3)22-27-10-6-4-7-11-27)32(37)24-36(29-20-16-26(2)17-21-29)41(39,40)30-12-8-5-9-13-30/h4-21,31H,22-24H2,1-3H3,(H,34,38)/t31-/m1/s1. The molecule has 1 atom stereocenters. The Labute approximate surface area is 242 Å². The number of nitrogens with one attached hydrogen (secondary N) is 1. The minimum Gasteiger partial charge on any atom is -0.357 e. The first-order valence-electron chi connectivity index (χ1n) is 13.4. The summed E-state index contributed by atoms with van der Waals surface area (Å²) in [6.45, 7) is 3.54. The fraction of sp³-hybridized carbons (Fsp3) is 0.212. The summed E-state index contributed by atoms with van der Waals surface area (Å²) in [7, 11) is -2.56. The Morgan fingerprint density at radius 1 is 0.732 bits per heavy atom. The van der Waals surface area contributed by atoms with E-state index in [4.69, 9.17) is 0 Å². The summed E-state index contributed by atoms with van der Waals surface area (Å²) in [6, 6.07) is 31.4. The zero-order chi connectivity index (χ0) is 29.4. The molecule has 0 aliphatic rings. The van der Waals surface area contributed by atoms with Crippen LogP contribution in [0.5, 0.6) is 0 Å². The number of aryl methyl sites for hydroxylation is 2. The van der Waals surface area contributed by atoms with Gasteiger partial charge < -0.3 is 10.2 Å². The maximum absolute atomic E-state index is 14.2. The molecule has 0 heterocycles. The van der Waals surface area contributed by atoms with Crippen molar-refractivity contribution in [3.05, 3.63) is 131 Å². The van der Waals surface area contributed by atoms with Crippen LogP contribution in [0.4, 0.5) is 5.69 Å². The van der Waals surface area contributed by atoms with E-state index in [1.165, 1.54) is 24.1 Å². The van der Waals surface area contributed by atoms with Gasteiger partial charge in [0, 0.05) is 20.0 Å². The van der Waals surface area contributed by atoms with E-state index in [2.05, 4.69) is 5.32 Å². The van der Waals surface area contributed by atoms with Gasteiger partial charge in [0.05, 0.1) is 10.6 Å². The van der Waals surface area contributed by atoms with Gasteiger partial charge in [-0.2, -0.15) is 0 Å². The van der Waals surface area contributed by atoms with E-state index in [-0.39, 0.29) is 23.8 Å². The maximum atomic E-state index is 14.2. The van der Waals surface area contributed by atoms with E-state index in [9.17, 15) is 18.0 Å². The van der Waals surface area contributed by atoms with Crippen LogP contribution in [0, 0.1) is 13.8 Å². The third kappa shape index (κ3) is 7.41. The number of hydrogen-bond acceptors (Lipinski definition) is 4. The Kier molecular flexibility index (Phi) is 9.57. The molecule has 41 heavy (non-hydrogen) atoms. The number of nitrogens with zero attached hydrogens (tertiary/aromatic N) is 2.